The summed E-state index contributed by atoms with van der Waals surface area (Å²) >= 11 is 0. The van der Waals surface area contributed by atoms with Crippen molar-refractivity contribution in [3.05, 3.63) is 35.4 Å². The molecule has 0 saturated heterocycles. The average Bonchev–Trinajstić information content (AvgIpc) is 2.44. The van der Waals surface area contributed by atoms with Crippen molar-refractivity contribution >= 4 is 0 Å². The van der Waals surface area contributed by atoms with Gasteiger partial charge in [0.2, 0.25) is 0 Å². The lowest BCUT2D eigenvalue weighted by Gasteiger charge is -2.36. The summed E-state index contributed by atoms with van der Waals surface area (Å²) in [5.41, 5.74) is 3.21. The van der Waals surface area contributed by atoms with E-state index in [2.05, 4.69) is 50.4 Å². The molecule has 0 aliphatic heterocycles. The molecule has 0 radical (unpaired) electrons. The topological polar surface area (TPSA) is 21.3 Å². The number of aryl methyl sites for hydroxylation is 1. The quantitative estimate of drug-likeness (QED) is 0.651. The van der Waals surface area contributed by atoms with E-state index in [1.165, 1.54) is 36.8 Å². The molecule has 2 heteroatoms. The van der Waals surface area contributed by atoms with Crippen molar-refractivity contribution < 1.29 is 4.74 Å². The molecule has 0 unspecified atom stereocenters. The van der Waals surface area contributed by atoms with Crippen LogP contribution in [0, 0.1) is 6.92 Å². The van der Waals surface area contributed by atoms with Crippen LogP contribution >= 0.6 is 0 Å². The highest BCUT2D eigenvalue weighted by Crippen LogP contribution is 2.35. The van der Waals surface area contributed by atoms with Crippen molar-refractivity contribution in [2.24, 2.45) is 0 Å². The van der Waals surface area contributed by atoms with Crippen LogP contribution in [0.2, 0.25) is 0 Å². The maximum absolute atomic E-state index is 5.14. The molecule has 1 aromatic carbocycles. The molecule has 0 heterocycles. The first-order chi connectivity index (χ1) is 9.70. The Balaban J connectivity index is 2.94. The van der Waals surface area contributed by atoms with Gasteiger partial charge < -0.3 is 10.1 Å². The van der Waals surface area contributed by atoms with Gasteiger partial charge in [-0.25, -0.2) is 0 Å². The Morgan fingerprint density at radius 2 is 1.75 bits per heavy atom. The average molecular weight is 277 g/mol. The molecule has 0 fully saturated rings. The first-order valence-electron chi connectivity index (χ1n) is 7.96. The molecule has 0 amide bonds. The number of ether oxygens (including phenoxy) is 1. The van der Waals surface area contributed by atoms with Gasteiger partial charge >= 0.3 is 0 Å². The number of hydrogen-bond donors (Lipinski definition) is 1. The molecule has 0 aliphatic rings. The van der Waals surface area contributed by atoms with Crippen LogP contribution in [0.3, 0.4) is 0 Å². The lowest BCUT2D eigenvalue weighted by atomic mass is 9.72. The molecule has 1 aromatic rings. The Morgan fingerprint density at radius 3 is 2.30 bits per heavy atom. The minimum atomic E-state index is 0.266. The lowest BCUT2D eigenvalue weighted by molar-refractivity contribution is 0.194. The van der Waals surface area contributed by atoms with E-state index in [-0.39, 0.29) is 5.41 Å². The zero-order chi connectivity index (χ0) is 14.8. The van der Waals surface area contributed by atoms with Crippen molar-refractivity contribution in [1.82, 2.24) is 5.32 Å². The maximum Gasteiger partial charge on any atom is 0.0587 e. The lowest BCUT2D eigenvalue weighted by Crippen LogP contribution is -2.40. The van der Waals surface area contributed by atoms with E-state index < -0.39 is 0 Å². The van der Waals surface area contributed by atoms with Crippen LogP contribution in [-0.4, -0.2) is 26.8 Å². The largest absolute Gasteiger partial charge is 0.383 e. The Bertz CT molecular complexity index is 369. The second kappa shape index (κ2) is 9.15. The standard InChI is InChI=1S/C18H31NO/c1-5-11-18(12-6-2,15-19-13-14-20-4)17-10-8-7-9-16(17)3/h7-10,19H,5-6,11-15H2,1-4H3. The van der Waals surface area contributed by atoms with Crippen molar-refractivity contribution in [1.29, 1.82) is 0 Å². The molecule has 0 saturated carbocycles. The third-order valence-electron chi connectivity index (χ3n) is 4.12. The molecule has 1 N–H and O–H groups in total. The molecule has 2 nitrogen and oxygen atoms in total. The van der Waals surface area contributed by atoms with Crippen LogP contribution in [-0.2, 0) is 10.2 Å². The first kappa shape index (κ1) is 17.2. The fourth-order valence-corrected chi connectivity index (χ4v) is 3.29. The summed E-state index contributed by atoms with van der Waals surface area (Å²) in [5, 5.41) is 3.60. The minimum absolute atomic E-state index is 0.266. The van der Waals surface area contributed by atoms with E-state index >= 15 is 0 Å². The number of rotatable bonds is 10. The van der Waals surface area contributed by atoms with Crippen LogP contribution in [0.15, 0.2) is 24.3 Å². The van der Waals surface area contributed by atoms with Gasteiger partial charge in [-0.1, -0.05) is 51.0 Å². The molecular weight excluding hydrogens is 246 g/mol. The van der Waals surface area contributed by atoms with Gasteiger partial charge in [0.15, 0.2) is 0 Å². The Morgan fingerprint density at radius 1 is 1.10 bits per heavy atom. The molecule has 0 bridgehead atoms. The molecule has 20 heavy (non-hydrogen) atoms. The molecule has 0 aromatic heterocycles. The van der Waals surface area contributed by atoms with Gasteiger partial charge in [-0.15, -0.1) is 0 Å². The summed E-state index contributed by atoms with van der Waals surface area (Å²) in [7, 11) is 1.76. The zero-order valence-electron chi connectivity index (χ0n) is 13.7. The summed E-state index contributed by atoms with van der Waals surface area (Å²) in [6, 6.07) is 8.88. The molecule has 114 valence electrons. The van der Waals surface area contributed by atoms with Gasteiger partial charge in [-0.05, 0) is 30.9 Å². The molecule has 1 rings (SSSR count). The number of nitrogens with one attached hydrogen (secondary N) is 1. The Kier molecular flexibility index (Phi) is 7.86. The van der Waals surface area contributed by atoms with E-state index in [1.807, 2.05) is 0 Å². The van der Waals surface area contributed by atoms with Crippen molar-refractivity contribution in [3.8, 4) is 0 Å². The van der Waals surface area contributed by atoms with E-state index in [1.54, 1.807) is 7.11 Å². The highest BCUT2D eigenvalue weighted by Gasteiger charge is 2.31. The normalized spacial score (nSPS) is 11.8. The smallest absolute Gasteiger partial charge is 0.0587 e. The number of hydrogen-bond acceptors (Lipinski definition) is 2. The van der Waals surface area contributed by atoms with Gasteiger partial charge in [-0.2, -0.15) is 0 Å². The van der Waals surface area contributed by atoms with Crippen LogP contribution in [0.1, 0.15) is 50.7 Å². The van der Waals surface area contributed by atoms with Gasteiger partial charge in [0.05, 0.1) is 6.61 Å². The molecular formula is C18H31NO. The van der Waals surface area contributed by atoms with Gasteiger partial charge in [0.1, 0.15) is 0 Å². The number of methoxy groups -OCH3 is 1. The van der Waals surface area contributed by atoms with Crippen LogP contribution in [0.4, 0.5) is 0 Å². The monoisotopic (exact) mass is 277 g/mol. The summed E-state index contributed by atoms with van der Waals surface area (Å²) < 4.78 is 5.14. The van der Waals surface area contributed by atoms with Crippen molar-refractivity contribution in [2.45, 2.75) is 51.9 Å². The Labute approximate surface area is 124 Å². The second-order valence-corrected chi connectivity index (χ2v) is 5.76. The second-order valence-electron chi connectivity index (χ2n) is 5.76. The van der Waals surface area contributed by atoms with E-state index in [0.29, 0.717) is 0 Å². The first-order valence-corrected chi connectivity index (χ1v) is 7.96. The van der Waals surface area contributed by atoms with E-state index in [9.17, 15) is 0 Å². The molecule has 0 aliphatic carbocycles. The maximum atomic E-state index is 5.14. The fourth-order valence-electron chi connectivity index (χ4n) is 3.29. The SMILES string of the molecule is CCCC(CCC)(CNCCOC)c1ccccc1C. The third-order valence-corrected chi connectivity index (χ3v) is 4.12. The molecule has 0 spiro atoms. The summed E-state index contributed by atoms with van der Waals surface area (Å²) in [6.07, 6.45) is 4.93. The van der Waals surface area contributed by atoms with E-state index in [4.69, 9.17) is 4.74 Å². The van der Waals surface area contributed by atoms with E-state index in [0.717, 1.165) is 19.7 Å². The fraction of sp³-hybridized carbons (Fsp3) is 0.667. The van der Waals surface area contributed by atoms with Crippen molar-refractivity contribution in [2.75, 3.05) is 26.8 Å². The van der Waals surface area contributed by atoms with Crippen molar-refractivity contribution in [3.63, 3.8) is 0 Å². The highest BCUT2D eigenvalue weighted by molar-refractivity contribution is 5.34. The zero-order valence-corrected chi connectivity index (χ0v) is 13.7. The number of benzene rings is 1. The summed E-state index contributed by atoms with van der Waals surface area (Å²) in [6.45, 7) is 9.57. The Hall–Kier alpha value is -0.860. The van der Waals surface area contributed by atoms with Gasteiger partial charge in [-0.3, -0.25) is 0 Å². The van der Waals surface area contributed by atoms with Crippen LogP contribution < -0.4 is 5.32 Å². The van der Waals surface area contributed by atoms with Crippen LogP contribution in [0.5, 0.6) is 0 Å². The highest BCUT2D eigenvalue weighted by atomic mass is 16.5. The summed E-state index contributed by atoms with van der Waals surface area (Å²) in [4.78, 5) is 0. The predicted molar refractivity (Wildman–Crippen MR) is 87.4 cm³/mol. The molecule has 0 atom stereocenters. The van der Waals surface area contributed by atoms with Gasteiger partial charge in [0, 0.05) is 25.6 Å². The minimum Gasteiger partial charge on any atom is -0.383 e. The van der Waals surface area contributed by atoms with Crippen LogP contribution in [0.25, 0.3) is 0 Å². The predicted octanol–water partition coefficient (Wildman–Crippen LogP) is 4.07. The van der Waals surface area contributed by atoms with Gasteiger partial charge in [0.25, 0.3) is 0 Å². The summed E-state index contributed by atoms with van der Waals surface area (Å²) in [5.74, 6) is 0. The third kappa shape index (κ3) is 4.60.